The van der Waals surface area contributed by atoms with Crippen molar-refractivity contribution in [1.29, 1.82) is 0 Å². The predicted octanol–water partition coefficient (Wildman–Crippen LogP) is 5.68. The van der Waals surface area contributed by atoms with E-state index in [4.69, 9.17) is 0 Å². The van der Waals surface area contributed by atoms with Crippen LogP contribution < -0.4 is 10.6 Å². The van der Waals surface area contributed by atoms with Crippen LogP contribution in [0.3, 0.4) is 0 Å². The van der Waals surface area contributed by atoms with Gasteiger partial charge in [-0.15, -0.1) is 0 Å². The van der Waals surface area contributed by atoms with Crippen LogP contribution in [0.25, 0.3) is 27.6 Å². The van der Waals surface area contributed by atoms with E-state index in [0.717, 1.165) is 39.9 Å². The van der Waals surface area contributed by atoms with Crippen molar-refractivity contribution in [2.45, 2.75) is 19.8 Å². The van der Waals surface area contributed by atoms with Crippen molar-refractivity contribution in [3.05, 3.63) is 102 Å². The molecule has 4 rings (SSSR count). The van der Waals surface area contributed by atoms with Crippen LogP contribution in [0, 0.1) is 0 Å². The van der Waals surface area contributed by atoms with Gasteiger partial charge in [-0.2, -0.15) is 0 Å². The van der Waals surface area contributed by atoms with E-state index in [2.05, 4.69) is 35.8 Å². The van der Waals surface area contributed by atoms with Gasteiger partial charge in [-0.1, -0.05) is 80.1 Å². The highest BCUT2D eigenvalue weighted by atomic mass is 16.2. The van der Waals surface area contributed by atoms with Gasteiger partial charge < -0.3 is 10.6 Å². The molecule has 4 aromatic carbocycles. The van der Waals surface area contributed by atoms with E-state index >= 15 is 0 Å². The number of nitrogens with one attached hydrogen (secondary N) is 2. The SMILES string of the molecule is CCCCNC(=O)/C(=C\c1c2ccccc2cc2ccccc12)NC(=O)c1ccccc1. The first-order valence-corrected chi connectivity index (χ1v) is 10.9. The van der Waals surface area contributed by atoms with Crippen LogP contribution in [0.4, 0.5) is 0 Å². The Labute approximate surface area is 188 Å². The molecule has 0 bridgehead atoms. The molecule has 0 aromatic heterocycles. The van der Waals surface area contributed by atoms with Crippen molar-refractivity contribution in [1.82, 2.24) is 10.6 Å². The van der Waals surface area contributed by atoms with Gasteiger partial charge >= 0.3 is 0 Å². The Balaban J connectivity index is 1.82. The quantitative estimate of drug-likeness (QED) is 0.229. The Morgan fingerprint density at radius 3 is 2.03 bits per heavy atom. The molecule has 0 aliphatic rings. The normalized spacial score (nSPS) is 11.5. The van der Waals surface area contributed by atoms with Gasteiger partial charge in [-0.25, -0.2) is 0 Å². The van der Waals surface area contributed by atoms with Crippen molar-refractivity contribution >= 4 is 39.4 Å². The summed E-state index contributed by atoms with van der Waals surface area (Å²) in [5.41, 5.74) is 1.65. The van der Waals surface area contributed by atoms with E-state index in [1.54, 1.807) is 30.3 Å². The zero-order valence-corrected chi connectivity index (χ0v) is 18.1. The molecule has 0 saturated carbocycles. The van der Waals surface area contributed by atoms with E-state index in [0.29, 0.717) is 12.1 Å². The molecule has 0 heterocycles. The van der Waals surface area contributed by atoms with Crippen molar-refractivity contribution < 1.29 is 9.59 Å². The van der Waals surface area contributed by atoms with E-state index in [9.17, 15) is 9.59 Å². The molecule has 0 aliphatic heterocycles. The number of carbonyl (C=O) groups is 2. The fourth-order valence-corrected chi connectivity index (χ4v) is 3.77. The summed E-state index contributed by atoms with van der Waals surface area (Å²) in [5.74, 6) is -0.605. The number of amides is 2. The molecule has 0 saturated heterocycles. The highest BCUT2D eigenvalue weighted by molar-refractivity contribution is 6.11. The number of unbranched alkanes of at least 4 members (excludes halogenated alkanes) is 1. The van der Waals surface area contributed by atoms with Crippen LogP contribution in [-0.2, 0) is 4.79 Å². The van der Waals surface area contributed by atoms with Crippen molar-refractivity contribution in [3.8, 4) is 0 Å². The van der Waals surface area contributed by atoms with Gasteiger partial charge in [0, 0.05) is 12.1 Å². The molecule has 4 aromatic rings. The highest BCUT2D eigenvalue weighted by Crippen LogP contribution is 2.30. The fourth-order valence-electron chi connectivity index (χ4n) is 3.77. The summed E-state index contributed by atoms with van der Waals surface area (Å²) < 4.78 is 0. The molecular weight excluding hydrogens is 396 g/mol. The zero-order chi connectivity index (χ0) is 22.3. The number of fused-ring (bicyclic) bond motifs is 2. The van der Waals surface area contributed by atoms with Gasteiger partial charge in [-0.3, -0.25) is 9.59 Å². The maximum absolute atomic E-state index is 13.1. The highest BCUT2D eigenvalue weighted by Gasteiger charge is 2.16. The lowest BCUT2D eigenvalue weighted by atomic mass is 9.96. The number of carbonyl (C=O) groups excluding carboxylic acids is 2. The molecule has 0 spiro atoms. The van der Waals surface area contributed by atoms with Crippen molar-refractivity contribution in [3.63, 3.8) is 0 Å². The van der Waals surface area contributed by atoms with Crippen LogP contribution in [0.1, 0.15) is 35.7 Å². The topological polar surface area (TPSA) is 58.2 Å². The van der Waals surface area contributed by atoms with Gasteiger partial charge in [0.1, 0.15) is 5.70 Å². The molecule has 0 atom stereocenters. The average Bonchev–Trinajstić information content (AvgIpc) is 2.83. The molecule has 160 valence electrons. The van der Waals surface area contributed by atoms with Gasteiger partial charge in [0.25, 0.3) is 11.8 Å². The van der Waals surface area contributed by atoms with Crippen LogP contribution >= 0.6 is 0 Å². The van der Waals surface area contributed by atoms with E-state index in [1.165, 1.54) is 0 Å². The average molecular weight is 423 g/mol. The predicted molar refractivity (Wildman–Crippen MR) is 131 cm³/mol. The number of hydrogen-bond donors (Lipinski definition) is 2. The standard InChI is InChI=1S/C28H26N2O2/c1-2-3-17-29-28(32)26(30-27(31)20-11-5-4-6-12-20)19-25-23-15-9-7-13-21(23)18-22-14-8-10-16-24(22)25/h4-16,18-19H,2-3,17H2,1H3,(H,29,32)(H,30,31)/b26-19+. The zero-order valence-electron chi connectivity index (χ0n) is 18.1. The Bertz CT molecular complexity index is 1240. The summed E-state index contributed by atoms with van der Waals surface area (Å²) in [6, 6.07) is 27.2. The lowest BCUT2D eigenvalue weighted by molar-refractivity contribution is -0.117. The number of rotatable bonds is 7. The minimum atomic E-state index is -0.313. The van der Waals surface area contributed by atoms with Gasteiger partial charge in [-0.05, 0) is 57.8 Å². The lowest BCUT2D eigenvalue weighted by Crippen LogP contribution is -2.35. The van der Waals surface area contributed by atoms with E-state index in [-0.39, 0.29) is 17.5 Å². The number of benzene rings is 4. The van der Waals surface area contributed by atoms with Crippen LogP contribution in [-0.4, -0.2) is 18.4 Å². The van der Waals surface area contributed by atoms with E-state index < -0.39 is 0 Å². The molecular formula is C28H26N2O2. The monoisotopic (exact) mass is 422 g/mol. The summed E-state index contributed by atoms with van der Waals surface area (Å²) in [6.07, 6.45) is 3.65. The first-order chi connectivity index (χ1) is 15.7. The second-order valence-corrected chi connectivity index (χ2v) is 7.72. The molecule has 2 N–H and O–H groups in total. The molecule has 4 heteroatoms. The third kappa shape index (κ3) is 4.70. The van der Waals surface area contributed by atoms with Crippen LogP contribution in [0.5, 0.6) is 0 Å². The summed E-state index contributed by atoms with van der Waals surface area (Å²) >= 11 is 0. The minimum absolute atomic E-state index is 0.233. The molecule has 0 fully saturated rings. The largest absolute Gasteiger partial charge is 0.351 e. The summed E-state index contributed by atoms with van der Waals surface area (Å²) in [4.78, 5) is 25.9. The van der Waals surface area contributed by atoms with Gasteiger partial charge in [0.2, 0.25) is 0 Å². The fraction of sp³-hybridized carbons (Fsp3) is 0.143. The summed E-state index contributed by atoms with van der Waals surface area (Å²) in [7, 11) is 0. The third-order valence-corrected chi connectivity index (χ3v) is 5.45. The summed E-state index contributed by atoms with van der Waals surface area (Å²) in [5, 5.41) is 10.00. The van der Waals surface area contributed by atoms with Crippen molar-refractivity contribution in [2.75, 3.05) is 6.54 Å². The maximum atomic E-state index is 13.1. The molecule has 0 radical (unpaired) electrons. The first-order valence-electron chi connectivity index (χ1n) is 10.9. The molecule has 32 heavy (non-hydrogen) atoms. The van der Waals surface area contributed by atoms with Gasteiger partial charge in [0.15, 0.2) is 0 Å². The van der Waals surface area contributed by atoms with Crippen molar-refractivity contribution in [2.24, 2.45) is 0 Å². The molecule has 0 aliphatic carbocycles. The molecule has 0 unspecified atom stereocenters. The minimum Gasteiger partial charge on any atom is -0.351 e. The maximum Gasteiger partial charge on any atom is 0.267 e. The Hall–Kier alpha value is -3.92. The summed E-state index contributed by atoms with van der Waals surface area (Å²) in [6.45, 7) is 2.63. The van der Waals surface area contributed by atoms with E-state index in [1.807, 2.05) is 42.5 Å². The van der Waals surface area contributed by atoms with Crippen LogP contribution in [0.2, 0.25) is 0 Å². The van der Waals surface area contributed by atoms with Gasteiger partial charge in [0.05, 0.1) is 0 Å². The first kappa shape index (κ1) is 21.3. The second-order valence-electron chi connectivity index (χ2n) is 7.72. The van der Waals surface area contributed by atoms with Crippen LogP contribution in [0.15, 0.2) is 90.6 Å². The lowest BCUT2D eigenvalue weighted by Gasteiger charge is -2.13. The molecule has 4 nitrogen and oxygen atoms in total. The molecule has 2 amide bonds. The smallest absolute Gasteiger partial charge is 0.267 e. The third-order valence-electron chi connectivity index (χ3n) is 5.45. The Morgan fingerprint density at radius 1 is 0.812 bits per heavy atom. The second kappa shape index (κ2) is 9.92. The Kier molecular flexibility index (Phi) is 6.61. The number of hydrogen-bond acceptors (Lipinski definition) is 2. The Morgan fingerprint density at radius 2 is 1.41 bits per heavy atom.